The van der Waals surface area contributed by atoms with Gasteiger partial charge < -0.3 is 10.7 Å². The number of aromatic amines is 1. The van der Waals surface area contributed by atoms with E-state index in [1.54, 1.807) is 13.8 Å². The van der Waals surface area contributed by atoms with Crippen LogP contribution in [-0.4, -0.2) is 29.8 Å². The molecule has 1 unspecified atom stereocenters. The predicted molar refractivity (Wildman–Crippen MR) is 59.5 cm³/mol. The molecule has 7 nitrogen and oxygen atoms in total. The fraction of sp³-hybridized carbons (Fsp3) is 0.500. The van der Waals surface area contributed by atoms with Gasteiger partial charge in [-0.1, -0.05) is 6.92 Å². The molecule has 0 saturated heterocycles. The predicted octanol–water partition coefficient (Wildman–Crippen LogP) is -0.207. The second kappa shape index (κ2) is 4.22. The third-order valence-corrected chi connectivity index (χ3v) is 3.95. The minimum atomic E-state index is -3.72. The van der Waals surface area contributed by atoms with E-state index in [-0.39, 0.29) is 10.9 Å². The van der Waals surface area contributed by atoms with E-state index in [0.29, 0.717) is 6.42 Å². The van der Waals surface area contributed by atoms with Gasteiger partial charge in [0, 0.05) is 0 Å². The Morgan fingerprint density at radius 3 is 2.75 bits per heavy atom. The molecular weight excluding hydrogens is 230 g/mol. The van der Waals surface area contributed by atoms with Gasteiger partial charge in [-0.3, -0.25) is 5.41 Å². The number of hydrogen-bond acceptors (Lipinski definition) is 4. The Hall–Kier alpha value is -1.41. The summed E-state index contributed by atoms with van der Waals surface area (Å²) in [6.07, 6.45) is 2.85. The lowest BCUT2D eigenvalue weighted by Gasteiger charge is -2.27. The monoisotopic (exact) mass is 245 g/mol. The van der Waals surface area contributed by atoms with E-state index in [1.807, 2.05) is 0 Å². The maximum absolute atomic E-state index is 11.8. The standard InChI is InChI=1S/C8H15N5O2S/c1-3-8(2,7(9)10)13-16(14,15)6-4-11-5-12-6/h4-5,13H,3H2,1-2H3,(H3,9,10)(H,11,12). The third-order valence-electron chi connectivity index (χ3n) is 2.42. The highest BCUT2D eigenvalue weighted by Crippen LogP contribution is 2.13. The average molecular weight is 245 g/mol. The molecule has 90 valence electrons. The van der Waals surface area contributed by atoms with Gasteiger partial charge in [0.2, 0.25) is 0 Å². The van der Waals surface area contributed by atoms with Gasteiger partial charge in [0.05, 0.1) is 18.1 Å². The summed E-state index contributed by atoms with van der Waals surface area (Å²) >= 11 is 0. The maximum Gasteiger partial charge on any atom is 0.258 e. The average Bonchev–Trinajstić information content (AvgIpc) is 2.70. The lowest BCUT2D eigenvalue weighted by atomic mass is 10.00. The van der Waals surface area contributed by atoms with E-state index in [2.05, 4.69) is 14.7 Å². The molecule has 0 spiro atoms. The van der Waals surface area contributed by atoms with E-state index >= 15 is 0 Å². The molecule has 1 atom stereocenters. The molecule has 8 heteroatoms. The first kappa shape index (κ1) is 12.7. The van der Waals surface area contributed by atoms with Crippen LogP contribution >= 0.6 is 0 Å². The summed E-state index contributed by atoms with van der Waals surface area (Å²) in [4.78, 5) is 6.12. The van der Waals surface area contributed by atoms with Crippen LogP contribution in [0.15, 0.2) is 17.6 Å². The van der Waals surface area contributed by atoms with Crippen molar-refractivity contribution in [3.8, 4) is 0 Å². The zero-order valence-corrected chi connectivity index (χ0v) is 9.93. The first-order valence-corrected chi connectivity index (χ1v) is 6.17. The smallest absolute Gasteiger partial charge is 0.258 e. The van der Waals surface area contributed by atoms with Crippen LogP contribution in [0.4, 0.5) is 0 Å². The van der Waals surface area contributed by atoms with Crippen molar-refractivity contribution in [1.82, 2.24) is 14.7 Å². The number of nitrogens with one attached hydrogen (secondary N) is 3. The molecule has 5 N–H and O–H groups in total. The summed E-state index contributed by atoms with van der Waals surface area (Å²) in [5, 5.41) is 7.33. The Morgan fingerprint density at radius 2 is 2.38 bits per heavy atom. The van der Waals surface area contributed by atoms with Crippen LogP contribution in [0.2, 0.25) is 0 Å². The second-order valence-electron chi connectivity index (χ2n) is 3.62. The molecule has 0 aliphatic rings. The van der Waals surface area contributed by atoms with Crippen molar-refractivity contribution in [2.75, 3.05) is 0 Å². The van der Waals surface area contributed by atoms with Gasteiger partial charge in [0.15, 0.2) is 5.03 Å². The van der Waals surface area contributed by atoms with Crippen molar-refractivity contribution in [2.45, 2.75) is 30.8 Å². The lowest BCUT2D eigenvalue weighted by molar-refractivity contribution is 0.503. The summed E-state index contributed by atoms with van der Waals surface area (Å²) in [6.45, 7) is 3.31. The van der Waals surface area contributed by atoms with Crippen molar-refractivity contribution in [2.24, 2.45) is 5.73 Å². The van der Waals surface area contributed by atoms with E-state index < -0.39 is 15.6 Å². The number of rotatable bonds is 5. The molecule has 0 aliphatic carbocycles. The summed E-state index contributed by atoms with van der Waals surface area (Å²) in [6, 6.07) is 0. The fourth-order valence-electron chi connectivity index (χ4n) is 1.06. The molecule has 0 saturated carbocycles. The van der Waals surface area contributed by atoms with Crippen molar-refractivity contribution in [3.63, 3.8) is 0 Å². The molecule has 0 radical (unpaired) electrons. The fourth-order valence-corrected chi connectivity index (χ4v) is 2.42. The lowest BCUT2D eigenvalue weighted by Crippen LogP contribution is -2.54. The molecule has 0 aromatic carbocycles. The first-order chi connectivity index (χ1) is 7.32. The molecular formula is C8H15N5O2S. The number of nitrogens with zero attached hydrogens (tertiary/aromatic N) is 1. The number of nitrogens with two attached hydrogens (primary N) is 1. The van der Waals surface area contributed by atoms with Crippen LogP contribution in [0.5, 0.6) is 0 Å². The molecule has 1 aromatic rings. The number of sulfonamides is 1. The zero-order chi connectivity index (χ0) is 12.4. The van der Waals surface area contributed by atoms with E-state index in [9.17, 15) is 8.42 Å². The summed E-state index contributed by atoms with van der Waals surface area (Å²) in [5.74, 6) is -0.224. The van der Waals surface area contributed by atoms with E-state index in [0.717, 1.165) is 0 Å². The topological polar surface area (TPSA) is 125 Å². The maximum atomic E-state index is 11.8. The van der Waals surface area contributed by atoms with Gasteiger partial charge in [0.1, 0.15) is 5.84 Å². The quantitative estimate of drug-likeness (QED) is 0.423. The Morgan fingerprint density at radius 1 is 1.75 bits per heavy atom. The normalized spacial score (nSPS) is 15.6. The van der Waals surface area contributed by atoms with E-state index in [4.69, 9.17) is 11.1 Å². The van der Waals surface area contributed by atoms with Gasteiger partial charge >= 0.3 is 0 Å². The first-order valence-electron chi connectivity index (χ1n) is 4.68. The number of amidine groups is 1. The van der Waals surface area contributed by atoms with Gasteiger partial charge in [0.25, 0.3) is 10.0 Å². The summed E-state index contributed by atoms with van der Waals surface area (Å²) in [7, 11) is -3.72. The van der Waals surface area contributed by atoms with Gasteiger partial charge in [-0.15, -0.1) is 0 Å². The van der Waals surface area contributed by atoms with E-state index in [1.165, 1.54) is 12.5 Å². The highest BCUT2D eigenvalue weighted by Gasteiger charge is 2.32. The minimum absolute atomic E-state index is 0.0478. The largest absolute Gasteiger partial charge is 0.386 e. The SMILES string of the molecule is CCC(C)(NS(=O)(=O)c1cnc[nH]1)C(=N)N. The summed E-state index contributed by atoms with van der Waals surface area (Å²) in [5.41, 5.74) is 4.29. The number of aromatic nitrogens is 2. The Kier molecular flexibility index (Phi) is 3.34. The molecule has 0 bridgehead atoms. The van der Waals surface area contributed by atoms with Crippen molar-refractivity contribution in [1.29, 1.82) is 5.41 Å². The van der Waals surface area contributed by atoms with Crippen LogP contribution < -0.4 is 10.5 Å². The van der Waals surface area contributed by atoms with Crippen molar-refractivity contribution in [3.05, 3.63) is 12.5 Å². The molecule has 1 aromatic heterocycles. The van der Waals surface area contributed by atoms with Gasteiger partial charge in [-0.2, -0.15) is 4.72 Å². The third kappa shape index (κ3) is 2.39. The Bertz CT molecular complexity index is 467. The van der Waals surface area contributed by atoms with Crippen molar-refractivity contribution < 1.29 is 8.42 Å². The van der Waals surface area contributed by atoms with Crippen LogP contribution in [0, 0.1) is 5.41 Å². The Labute approximate surface area is 94.0 Å². The molecule has 16 heavy (non-hydrogen) atoms. The van der Waals surface area contributed by atoms with Crippen LogP contribution in [0.1, 0.15) is 20.3 Å². The van der Waals surface area contributed by atoms with Crippen molar-refractivity contribution >= 4 is 15.9 Å². The molecule has 1 rings (SSSR count). The van der Waals surface area contributed by atoms with Gasteiger partial charge in [-0.25, -0.2) is 13.4 Å². The molecule has 0 aliphatic heterocycles. The molecule has 0 fully saturated rings. The minimum Gasteiger partial charge on any atom is -0.386 e. The zero-order valence-electron chi connectivity index (χ0n) is 9.11. The number of hydrogen-bond donors (Lipinski definition) is 4. The summed E-state index contributed by atoms with van der Waals surface area (Å²) < 4.78 is 26.0. The molecule has 1 heterocycles. The van der Waals surface area contributed by atoms with Crippen LogP contribution in [-0.2, 0) is 10.0 Å². The van der Waals surface area contributed by atoms with Crippen LogP contribution in [0.25, 0.3) is 0 Å². The Balaban J connectivity index is 3.01. The van der Waals surface area contributed by atoms with Gasteiger partial charge in [-0.05, 0) is 13.3 Å². The molecule has 0 amide bonds. The highest BCUT2D eigenvalue weighted by atomic mass is 32.2. The number of imidazole rings is 1. The highest BCUT2D eigenvalue weighted by molar-refractivity contribution is 7.89. The number of H-pyrrole nitrogens is 1. The van der Waals surface area contributed by atoms with Crippen LogP contribution in [0.3, 0.4) is 0 Å². The second-order valence-corrected chi connectivity index (χ2v) is 5.27.